The summed E-state index contributed by atoms with van der Waals surface area (Å²) < 4.78 is 0. The molecule has 1 amide bonds. The van der Waals surface area contributed by atoms with Crippen LogP contribution in [0.25, 0.3) is 0 Å². The molecule has 0 aromatic rings. The number of nitrogens with one attached hydrogen (secondary N) is 1. The molecule has 90 valence electrons. The first-order valence-corrected chi connectivity index (χ1v) is 6.25. The number of aliphatic imine (C=N–C) groups is 1. The van der Waals surface area contributed by atoms with E-state index in [1.165, 1.54) is 31.6 Å². The van der Waals surface area contributed by atoms with Gasteiger partial charge in [-0.1, -0.05) is 0 Å². The molecular weight excluding hydrogens is 202 g/mol. The summed E-state index contributed by atoms with van der Waals surface area (Å²) in [7, 11) is 0. The fraction of sp³-hybridized carbons (Fsp3) is 0.833. The molecule has 3 rings (SSSR count). The molecule has 4 nitrogen and oxygen atoms in total. The zero-order valence-corrected chi connectivity index (χ0v) is 10.0. The quantitative estimate of drug-likeness (QED) is 0.712. The molecule has 0 unspecified atom stereocenters. The van der Waals surface area contributed by atoms with E-state index in [4.69, 9.17) is 0 Å². The van der Waals surface area contributed by atoms with E-state index < -0.39 is 0 Å². The zero-order chi connectivity index (χ0) is 11.4. The first-order valence-electron chi connectivity index (χ1n) is 6.25. The summed E-state index contributed by atoms with van der Waals surface area (Å²) >= 11 is 0. The molecule has 0 aliphatic carbocycles. The average molecular weight is 223 g/mol. The number of carbonyl (C=O) groups is 1. The van der Waals surface area contributed by atoms with Crippen LogP contribution in [0.3, 0.4) is 0 Å². The summed E-state index contributed by atoms with van der Waals surface area (Å²) in [5, 5.41) is 2.80. The van der Waals surface area contributed by atoms with Crippen molar-refractivity contribution >= 4 is 11.6 Å². The first-order chi connectivity index (χ1) is 7.75. The van der Waals surface area contributed by atoms with Gasteiger partial charge in [0.05, 0.1) is 0 Å². The predicted octanol–water partition coefficient (Wildman–Crippen LogP) is 0.679. The van der Waals surface area contributed by atoms with E-state index in [9.17, 15) is 4.79 Å². The van der Waals surface area contributed by atoms with Crippen LogP contribution >= 0.6 is 0 Å². The molecule has 0 aromatic carbocycles. The van der Waals surface area contributed by atoms with Crippen molar-refractivity contribution in [3.8, 4) is 0 Å². The first kappa shape index (κ1) is 11.6. The monoisotopic (exact) mass is 223 g/mol. The summed E-state index contributed by atoms with van der Waals surface area (Å²) in [4.78, 5) is 17.8. The molecular formula is C12H21N3O. The second kappa shape index (κ2) is 5.43. The second-order valence-electron chi connectivity index (χ2n) is 4.76. The largest absolute Gasteiger partial charge is 0.356 e. The van der Waals surface area contributed by atoms with Crippen molar-refractivity contribution in [3.05, 3.63) is 0 Å². The van der Waals surface area contributed by atoms with E-state index in [0.717, 1.165) is 32.0 Å². The van der Waals surface area contributed by atoms with Gasteiger partial charge in [-0.2, -0.15) is 0 Å². The summed E-state index contributed by atoms with van der Waals surface area (Å²) in [6.45, 7) is 6.77. The molecule has 1 N–H and O–H groups in total. The van der Waals surface area contributed by atoms with Crippen molar-refractivity contribution in [1.82, 2.24) is 10.2 Å². The normalized spacial score (nSPS) is 30.7. The molecule has 3 fully saturated rings. The number of piperidine rings is 3. The smallest absolute Gasteiger partial charge is 0.216 e. The number of hydrogen-bond donors (Lipinski definition) is 1. The highest BCUT2D eigenvalue weighted by Crippen LogP contribution is 2.25. The van der Waals surface area contributed by atoms with E-state index in [1.54, 1.807) is 6.92 Å². The van der Waals surface area contributed by atoms with E-state index in [2.05, 4.69) is 15.2 Å². The van der Waals surface area contributed by atoms with Gasteiger partial charge in [0.15, 0.2) is 0 Å². The van der Waals surface area contributed by atoms with Gasteiger partial charge in [-0.05, 0) is 32.4 Å². The molecule has 0 atom stereocenters. The van der Waals surface area contributed by atoms with Gasteiger partial charge in [-0.15, -0.1) is 0 Å². The number of hydrogen-bond acceptors (Lipinski definition) is 3. The highest BCUT2D eigenvalue weighted by atomic mass is 16.1. The van der Waals surface area contributed by atoms with Gasteiger partial charge < -0.3 is 5.32 Å². The van der Waals surface area contributed by atoms with Crippen molar-refractivity contribution in [2.45, 2.75) is 26.2 Å². The number of amides is 1. The minimum Gasteiger partial charge on any atom is -0.356 e. The highest BCUT2D eigenvalue weighted by Gasteiger charge is 2.30. The molecule has 16 heavy (non-hydrogen) atoms. The van der Waals surface area contributed by atoms with E-state index in [0.29, 0.717) is 0 Å². The fourth-order valence-electron chi connectivity index (χ4n) is 2.53. The van der Waals surface area contributed by atoms with Crippen LogP contribution < -0.4 is 5.32 Å². The second-order valence-corrected chi connectivity index (χ2v) is 4.76. The fourth-order valence-corrected chi connectivity index (χ4v) is 2.53. The Hall–Kier alpha value is -0.900. The Morgan fingerprint density at radius 1 is 1.50 bits per heavy atom. The molecule has 0 aromatic heterocycles. The summed E-state index contributed by atoms with van der Waals surface area (Å²) in [6, 6.07) is 0. The molecule has 3 aliphatic rings. The lowest BCUT2D eigenvalue weighted by atomic mass is 9.86. The van der Waals surface area contributed by atoms with Gasteiger partial charge >= 0.3 is 0 Å². The molecule has 0 saturated carbocycles. The molecule has 0 spiro atoms. The standard InChI is InChI=1S/C12H21N3O/c1-10(16)13-5-2-6-14-12-9-15-7-3-11(12)4-8-15/h11H,2-9H2,1H3,(H,13,16). The van der Waals surface area contributed by atoms with Gasteiger partial charge in [0.25, 0.3) is 0 Å². The van der Waals surface area contributed by atoms with Crippen LogP contribution in [-0.4, -0.2) is 49.2 Å². The Balaban J connectivity index is 1.69. The summed E-state index contributed by atoms with van der Waals surface area (Å²) in [6.07, 6.45) is 3.55. The van der Waals surface area contributed by atoms with Gasteiger partial charge in [0.2, 0.25) is 5.91 Å². The maximum absolute atomic E-state index is 10.7. The molecule has 3 heterocycles. The molecule has 3 aliphatic heterocycles. The minimum absolute atomic E-state index is 0.0514. The number of nitrogens with zero attached hydrogens (tertiary/aromatic N) is 2. The van der Waals surface area contributed by atoms with Crippen LogP contribution in [0.15, 0.2) is 4.99 Å². The molecule has 2 bridgehead atoms. The third-order valence-corrected chi connectivity index (χ3v) is 3.47. The average Bonchev–Trinajstić information content (AvgIpc) is 2.30. The van der Waals surface area contributed by atoms with Crippen LogP contribution in [0.2, 0.25) is 0 Å². The Bertz CT molecular complexity index is 280. The van der Waals surface area contributed by atoms with Gasteiger partial charge in [-0.25, -0.2) is 0 Å². The lowest BCUT2D eigenvalue weighted by molar-refractivity contribution is -0.118. The Morgan fingerprint density at radius 3 is 2.81 bits per heavy atom. The molecule has 0 radical (unpaired) electrons. The maximum Gasteiger partial charge on any atom is 0.216 e. The SMILES string of the molecule is CC(=O)NCCCN=C1CN2CCC1CC2. The van der Waals surface area contributed by atoms with E-state index in [-0.39, 0.29) is 5.91 Å². The third kappa shape index (κ3) is 3.04. The highest BCUT2D eigenvalue weighted by molar-refractivity contribution is 5.90. The summed E-state index contributed by atoms with van der Waals surface area (Å²) in [5.74, 6) is 0.807. The van der Waals surface area contributed by atoms with Crippen LogP contribution in [0.4, 0.5) is 0 Å². The van der Waals surface area contributed by atoms with Gasteiger partial charge in [0.1, 0.15) is 0 Å². The number of carbonyl (C=O) groups excluding carboxylic acids is 1. The zero-order valence-electron chi connectivity index (χ0n) is 10.0. The number of fused-ring (bicyclic) bond motifs is 3. The van der Waals surface area contributed by atoms with Crippen molar-refractivity contribution in [2.75, 3.05) is 32.7 Å². The van der Waals surface area contributed by atoms with Crippen molar-refractivity contribution in [1.29, 1.82) is 0 Å². The van der Waals surface area contributed by atoms with Gasteiger partial charge in [-0.3, -0.25) is 14.7 Å². The van der Waals surface area contributed by atoms with Crippen LogP contribution in [0, 0.1) is 5.92 Å². The lowest BCUT2D eigenvalue weighted by Gasteiger charge is -2.40. The minimum atomic E-state index is 0.0514. The van der Waals surface area contributed by atoms with Gasteiger partial charge in [0, 0.05) is 38.2 Å². The Morgan fingerprint density at radius 2 is 2.25 bits per heavy atom. The lowest BCUT2D eigenvalue weighted by Crippen LogP contribution is -2.48. The van der Waals surface area contributed by atoms with Crippen molar-refractivity contribution < 1.29 is 4.79 Å². The van der Waals surface area contributed by atoms with Crippen LogP contribution in [0.5, 0.6) is 0 Å². The maximum atomic E-state index is 10.7. The number of rotatable bonds is 4. The Kier molecular flexibility index (Phi) is 3.93. The third-order valence-electron chi connectivity index (χ3n) is 3.47. The molecule has 3 saturated heterocycles. The summed E-state index contributed by atoms with van der Waals surface area (Å²) in [5.41, 5.74) is 1.40. The van der Waals surface area contributed by atoms with Crippen LogP contribution in [-0.2, 0) is 4.79 Å². The van der Waals surface area contributed by atoms with Crippen molar-refractivity contribution in [3.63, 3.8) is 0 Å². The van der Waals surface area contributed by atoms with E-state index in [1.807, 2.05) is 0 Å². The molecule has 4 heteroatoms. The van der Waals surface area contributed by atoms with E-state index >= 15 is 0 Å². The Labute approximate surface area is 97.1 Å². The van der Waals surface area contributed by atoms with Crippen LogP contribution in [0.1, 0.15) is 26.2 Å². The topological polar surface area (TPSA) is 44.7 Å². The predicted molar refractivity (Wildman–Crippen MR) is 64.8 cm³/mol. The van der Waals surface area contributed by atoms with Crippen molar-refractivity contribution in [2.24, 2.45) is 10.9 Å².